The molecule has 4 rings (SSSR count). The lowest BCUT2D eigenvalue weighted by Crippen LogP contribution is -2.49. The first-order valence-corrected chi connectivity index (χ1v) is 8.68. The molecule has 26 heavy (non-hydrogen) atoms. The molecule has 1 amide bonds. The molecule has 0 aromatic carbocycles. The van der Waals surface area contributed by atoms with E-state index in [1.54, 1.807) is 6.33 Å². The number of anilines is 1. The van der Waals surface area contributed by atoms with Crippen LogP contribution in [-0.2, 0) is 0 Å². The molecule has 0 spiro atoms. The Bertz CT molecular complexity index is 908. The molecule has 0 bridgehead atoms. The minimum Gasteiger partial charge on any atom is -0.466 e. The summed E-state index contributed by atoms with van der Waals surface area (Å²) in [5.41, 5.74) is 0.660. The van der Waals surface area contributed by atoms with Crippen molar-refractivity contribution in [2.75, 3.05) is 31.1 Å². The predicted molar refractivity (Wildman–Crippen MR) is 97.7 cm³/mol. The lowest BCUT2D eigenvalue weighted by Gasteiger charge is -2.35. The number of hydrogen-bond acceptors (Lipinski definition) is 5. The van der Waals surface area contributed by atoms with E-state index in [0.717, 1.165) is 30.5 Å². The van der Waals surface area contributed by atoms with Gasteiger partial charge >= 0.3 is 0 Å². The highest BCUT2D eigenvalue weighted by molar-refractivity contribution is 5.95. The standard InChI is InChI=1S/C19H21N5O2/c1-14-11-16(15(2)26-14)19(25)24-9-7-23(8-10-24)18-12-17(20-13-21-18)22-5-3-4-6-22/h3-6,11-13H,7-10H2,1-2H3. The van der Waals surface area contributed by atoms with Gasteiger partial charge in [0, 0.05) is 44.6 Å². The average Bonchev–Trinajstić information content (AvgIpc) is 3.31. The smallest absolute Gasteiger partial charge is 0.257 e. The second kappa shape index (κ2) is 6.67. The van der Waals surface area contributed by atoms with Crippen LogP contribution in [-0.4, -0.2) is 51.5 Å². The molecule has 1 fully saturated rings. The van der Waals surface area contributed by atoms with Crippen molar-refractivity contribution in [1.82, 2.24) is 19.4 Å². The van der Waals surface area contributed by atoms with Crippen LogP contribution in [0, 0.1) is 13.8 Å². The summed E-state index contributed by atoms with van der Waals surface area (Å²) < 4.78 is 7.44. The number of furan rings is 1. The third-order valence-electron chi connectivity index (χ3n) is 4.67. The van der Waals surface area contributed by atoms with Gasteiger partial charge < -0.3 is 18.8 Å². The first-order chi connectivity index (χ1) is 12.6. The van der Waals surface area contributed by atoms with Gasteiger partial charge in [0.1, 0.15) is 29.5 Å². The van der Waals surface area contributed by atoms with E-state index in [2.05, 4.69) is 14.9 Å². The van der Waals surface area contributed by atoms with Crippen LogP contribution in [0.25, 0.3) is 5.82 Å². The molecule has 1 aliphatic heterocycles. The van der Waals surface area contributed by atoms with Gasteiger partial charge in [-0.05, 0) is 32.0 Å². The van der Waals surface area contributed by atoms with E-state index in [1.807, 2.05) is 60.0 Å². The van der Waals surface area contributed by atoms with E-state index in [1.165, 1.54) is 0 Å². The van der Waals surface area contributed by atoms with Crippen molar-refractivity contribution in [3.8, 4) is 5.82 Å². The number of aryl methyl sites for hydroxylation is 2. The Labute approximate surface area is 151 Å². The van der Waals surface area contributed by atoms with Crippen LogP contribution < -0.4 is 4.90 Å². The molecule has 0 aliphatic carbocycles. The van der Waals surface area contributed by atoms with Crippen LogP contribution in [0.5, 0.6) is 0 Å². The number of aromatic nitrogens is 3. The van der Waals surface area contributed by atoms with Crippen molar-refractivity contribution >= 4 is 11.7 Å². The largest absolute Gasteiger partial charge is 0.466 e. The van der Waals surface area contributed by atoms with E-state index >= 15 is 0 Å². The maximum Gasteiger partial charge on any atom is 0.257 e. The quantitative estimate of drug-likeness (QED) is 0.725. The summed E-state index contributed by atoms with van der Waals surface area (Å²) in [6.45, 7) is 6.49. The van der Waals surface area contributed by atoms with E-state index < -0.39 is 0 Å². The predicted octanol–water partition coefficient (Wildman–Crippen LogP) is 2.44. The summed E-state index contributed by atoms with van der Waals surface area (Å²) in [7, 11) is 0. The molecule has 1 aliphatic rings. The van der Waals surface area contributed by atoms with E-state index in [4.69, 9.17) is 4.42 Å². The zero-order valence-corrected chi connectivity index (χ0v) is 14.9. The Kier molecular flexibility index (Phi) is 4.20. The Morgan fingerprint density at radius 3 is 2.35 bits per heavy atom. The van der Waals surface area contributed by atoms with Crippen molar-refractivity contribution in [2.45, 2.75) is 13.8 Å². The highest BCUT2D eigenvalue weighted by Crippen LogP contribution is 2.20. The van der Waals surface area contributed by atoms with Gasteiger partial charge in [0.05, 0.1) is 5.56 Å². The molecule has 1 saturated heterocycles. The average molecular weight is 351 g/mol. The van der Waals surface area contributed by atoms with Crippen molar-refractivity contribution < 1.29 is 9.21 Å². The molecule has 3 aromatic heterocycles. The lowest BCUT2D eigenvalue weighted by atomic mass is 10.2. The monoisotopic (exact) mass is 351 g/mol. The summed E-state index contributed by atoms with van der Waals surface area (Å²) in [4.78, 5) is 25.5. The number of amides is 1. The molecule has 0 unspecified atom stereocenters. The minimum absolute atomic E-state index is 0.0368. The van der Waals surface area contributed by atoms with E-state index in [9.17, 15) is 4.79 Å². The van der Waals surface area contributed by atoms with Gasteiger partial charge in [-0.1, -0.05) is 0 Å². The normalized spacial score (nSPS) is 14.7. The summed E-state index contributed by atoms with van der Waals surface area (Å²) in [5.74, 6) is 3.20. The molecule has 0 radical (unpaired) electrons. The third kappa shape index (κ3) is 3.08. The maximum atomic E-state index is 12.7. The van der Waals surface area contributed by atoms with E-state index in [-0.39, 0.29) is 5.91 Å². The van der Waals surface area contributed by atoms with Crippen molar-refractivity contribution in [1.29, 1.82) is 0 Å². The Balaban J connectivity index is 1.45. The molecule has 7 heteroatoms. The molecule has 0 saturated carbocycles. The summed E-state index contributed by atoms with van der Waals surface area (Å²) in [5, 5.41) is 0. The first-order valence-electron chi connectivity index (χ1n) is 8.68. The minimum atomic E-state index is 0.0368. The van der Waals surface area contributed by atoms with Crippen LogP contribution in [0.3, 0.4) is 0 Å². The van der Waals surface area contributed by atoms with Gasteiger partial charge in [-0.2, -0.15) is 0 Å². The van der Waals surface area contributed by atoms with E-state index in [0.29, 0.717) is 24.4 Å². The van der Waals surface area contributed by atoms with Crippen molar-refractivity contribution in [3.63, 3.8) is 0 Å². The third-order valence-corrected chi connectivity index (χ3v) is 4.67. The Morgan fingerprint density at radius 2 is 1.69 bits per heavy atom. The summed E-state index contributed by atoms with van der Waals surface area (Å²) in [6, 6.07) is 7.72. The number of nitrogens with zero attached hydrogens (tertiary/aromatic N) is 5. The fourth-order valence-electron chi connectivity index (χ4n) is 3.29. The van der Waals surface area contributed by atoms with Crippen molar-refractivity contribution in [2.24, 2.45) is 0 Å². The van der Waals surface area contributed by atoms with Gasteiger partial charge in [0.15, 0.2) is 0 Å². The number of carbonyl (C=O) groups is 1. The molecular formula is C19H21N5O2. The van der Waals surface area contributed by atoms with Crippen LogP contribution in [0.1, 0.15) is 21.9 Å². The second-order valence-corrected chi connectivity index (χ2v) is 6.43. The summed E-state index contributed by atoms with van der Waals surface area (Å²) in [6.07, 6.45) is 5.50. The fourth-order valence-corrected chi connectivity index (χ4v) is 3.29. The lowest BCUT2D eigenvalue weighted by molar-refractivity contribution is 0.0744. The van der Waals surface area contributed by atoms with Crippen LogP contribution >= 0.6 is 0 Å². The number of carbonyl (C=O) groups excluding carboxylic acids is 1. The number of piperazine rings is 1. The number of rotatable bonds is 3. The van der Waals surface area contributed by atoms with Crippen LogP contribution in [0.4, 0.5) is 5.82 Å². The molecular weight excluding hydrogens is 330 g/mol. The van der Waals surface area contributed by atoms with Crippen LogP contribution in [0.15, 0.2) is 47.4 Å². The zero-order chi connectivity index (χ0) is 18.1. The van der Waals surface area contributed by atoms with Gasteiger partial charge in [-0.3, -0.25) is 4.79 Å². The van der Waals surface area contributed by atoms with Gasteiger partial charge in [0.25, 0.3) is 5.91 Å². The topological polar surface area (TPSA) is 67.4 Å². The molecule has 0 atom stereocenters. The Hall–Kier alpha value is -3.09. The molecule has 7 nitrogen and oxygen atoms in total. The van der Waals surface area contributed by atoms with Gasteiger partial charge in [-0.25, -0.2) is 9.97 Å². The Morgan fingerprint density at radius 1 is 1.00 bits per heavy atom. The molecule has 0 N–H and O–H groups in total. The van der Waals surface area contributed by atoms with Gasteiger partial charge in [0.2, 0.25) is 0 Å². The van der Waals surface area contributed by atoms with Crippen molar-refractivity contribution in [3.05, 3.63) is 60.1 Å². The highest BCUT2D eigenvalue weighted by Gasteiger charge is 2.25. The highest BCUT2D eigenvalue weighted by atomic mass is 16.3. The number of hydrogen-bond donors (Lipinski definition) is 0. The summed E-state index contributed by atoms with van der Waals surface area (Å²) >= 11 is 0. The molecule has 134 valence electrons. The second-order valence-electron chi connectivity index (χ2n) is 6.43. The molecule has 4 heterocycles. The maximum absolute atomic E-state index is 12.7. The fraction of sp³-hybridized carbons (Fsp3) is 0.316. The first kappa shape index (κ1) is 16.4. The zero-order valence-electron chi connectivity index (χ0n) is 14.9. The van der Waals surface area contributed by atoms with Gasteiger partial charge in [-0.15, -0.1) is 0 Å². The van der Waals surface area contributed by atoms with Crippen LogP contribution in [0.2, 0.25) is 0 Å². The SMILES string of the molecule is Cc1cc(C(=O)N2CCN(c3cc(-n4cccc4)ncn3)CC2)c(C)o1. The molecule has 3 aromatic rings.